The summed E-state index contributed by atoms with van der Waals surface area (Å²) in [6.45, 7) is 5.35. The monoisotopic (exact) mass is 117 g/mol. The van der Waals surface area contributed by atoms with Crippen LogP contribution in [0.5, 0.6) is 0 Å². The lowest BCUT2D eigenvalue weighted by atomic mass is 10.1. The standard InChI is InChI=1S/C7H17N.H2/c1-7(2)5-3-4-6-8;/h7H,3-6,8H2,1-2H3;1H. The fraction of sp³-hybridized carbons (Fsp3) is 1.00. The molecule has 8 heavy (non-hydrogen) atoms. The molecule has 0 aliphatic rings. The summed E-state index contributed by atoms with van der Waals surface area (Å²) in [5, 5.41) is 0. The normalized spacial score (nSPS) is 10.5. The lowest BCUT2D eigenvalue weighted by molar-refractivity contribution is 0.541. The molecular formula is C7H19N. The van der Waals surface area contributed by atoms with Crippen molar-refractivity contribution in [3.8, 4) is 0 Å². The Kier molecular flexibility index (Phi) is 5.08. The van der Waals surface area contributed by atoms with E-state index in [1.54, 1.807) is 0 Å². The molecule has 0 aromatic carbocycles. The summed E-state index contributed by atoms with van der Waals surface area (Å²) in [4.78, 5) is 0. The van der Waals surface area contributed by atoms with Crippen LogP contribution in [0.25, 0.3) is 0 Å². The van der Waals surface area contributed by atoms with Crippen molar-refractivity contribution in [3.63, 3.8) is 0 Å². The Balaban J connectivity index is 0. The fourth-order valence-corrected chi connectivity index (χ4v) is 0.697. The van der Waals surface area contributed by atoms with E-state index in [0.29, 0.717) is 0 Å². The number of hydrogen-bond donors (Lipinski definition) is 1. The van der Waals surface area contributed by atoms with Gasteiger partial charge in [0.15, 0.2) is 0 Å². The van der Waals surface area contributed by atoms with Crippen molar-refractivity contribution in [2.24, 2.45) is 11.7 Å². The maximum absolute atomic E-state index is 5.31. The molecule has 52 valence electrons. The minimum Gasteiger partial charge on any atom is -0.330 e. The maximum atomic E-state index is 5.31. The molecule has 0 radical (unpaired) electrons. The van der Waals surface area contributed by atoms with Gasteiger partial charge in [0, 0.05) is 1.43 Å². The zero-order valence-corrected chi connectivity index (χ0v) is 5.98. The molecule has 0 amide bonds. The van der Waals surface area contributed by atoms with Crippen molar-refractivity contribution >= 4 is 0 Å². The minimum absolute atomic E-state index is 0. The van der Waals surface area contributed by atoms with Crippen molar-refractivity contribution < 1.29 is 1.43 Å². The van der Waals surface area contributed by atoms with Crippen molar-refractivity contribution in [2.75, 3.05) is 6.54 Å². The Bertz CT molecular complexity index is 46.2. The SMILES string of the molecule is CC(C)CCCCN.[HH]. The number of hydrogen-bond acceptors (Lipinski definition) is 1. The summed E-state index contributed by atoms with van der Waals surface area (Å²) in [6.07, 6.45) is 3.82. The highest BCUT2D eigenvalue weighted by molar-refractivity contribution is 4.45. The molecule has 0 aromatic heterocycles. The van der Waals surface area contributed by atoms with Gasteiger partial charge in [-0.05, 0) is 18.9 Å². The van der Waals surface area contributed by atoms with Crippen molar-refractivity contribution in [3.05, 3.63) is 0 Å². The fourth-order valence-electron chi connectivity index (χ4n) is 0.697. The van der Waals surface area contributed by atoms with Gasteiger partial charge in [-0.15, -0.1) is 0 Å². The largest absolute Gasteiger partial charge is 0.330 e. The first-order chi connectivity index (χ1) is 3.77. The molecule has 0 unspecified atom stereocenters. The predicted octanol–water partition coefficient (Wildman–Crippen LogP) is 2.02. The predicted molar refractivity (Wildman–Crippen MR) is 39.9 cm³/mol. The molecule has 0 saturated carbocycles. The van der Waals surface area contributed by atoms with E-state index in [9.17, 15) is 0 Å². The Morgan fingerprint density at radius 3 is 2.38 bits per heavy atom. The highest BCUT2D eigenvalue weighted by atomic mass is 14.5. The second kappa shape index (κ2) is 5.10. The quantitative estimate of drug-likeness (QED) is 0.560. The zero-order valence-electron chi connectivity index (χ0n) is 5.98. The van der Waals surface area contributed by atoms with Gasteiger partial charge in [0.05, 0.1) is 0 Å². The first-order valence-corrected chi connectivity index (χ1v) is 3.47. The molecule has 0 atom stereocenters. The summed E-state index contributed by atoms with van der Waals surface area (Å²) >= 11 is 0. The van der Waals surface area contributed by atoms with Crippen LogP contribution in [0.15, 0.2) is 0 Å². The molecule has 1 nitrogen and oxygen atoms in total. The second-order valence-corrected chi connectivity index (χ2v) is 2.68. The van der Waals surface area contributed by atoms with Gasteiger partial charge >= 0.3 is 0 Å². The van der Waals surface area contributed by atoms with Crippen LogP contribution in [0.1, 0.15) is 34.5 Å². The van der Waals surface area contributed by atoms with E-state index in [1.165, 1.54) is 19.3 Å². The van der Waals surface area contributed by atoms with Crippen LogP contribution in [0, 0.1) is 5.92 Å². The number of unbranched alkanes of at least 4 members (excludes halogenated alkanes) is 1. The van der Waals surface area contributed by atoms with Crippen LogP contribution in [0.3, 0.4) is 0 Å². The van der Waals surface area contributed by atoms with Crippen molar-refractivity contribution in [1.82, 2.24) is 0 Å². The highest BCUT2D eigenvalue weighted by Crippen LogP contribution is 2.04. The molecule has 0 bridgehead atoms. The Morgan fingerprint density at radius 1 is 1.38 bits per heavy atom. The molecule has 0 saturated heterocycles. The van der Waals surface area contributed by atoms with Gasteiger partial charge in [0.2, 0.25) is 0 Å². The molecule has 1 heteroatoms. The molecule has 0 aliphatic heterocycles. The molecule has 0 heterocycles. The summed E-state index contributed by atoms with van der Waals surface area (Å²) in [6, 6.07) is 0. The molecule has 0 fully saturated rings. The van der Waals surface area contributed by atoms with Gasteiger partial charge in [-0.2, -0.15) is 0 Å². The van der Waals surface area contributed by atoms with Gasteiger partial charge in [-0.25, -0.2) is 0 Å². The Labute approximate surface area is 53.8 Å². The molecule has 2 N–H and O–H groups in total. The van der Waals surface area contributed by atoms with Crippen LogP contribution in [0.4, 0.5) is 0 Å². The van der Waals surface area contributed by atoms with Crippen LogP contribution in [0.2, 0.25) is 0 Å². The van der Waals surface area contributed by atoms with E-state index in [4.69, 9.17) is 5.73 Å². The van der Waals surface area contributed by atoms with E-state index in [2.05, 4.69) is 13.8 Å². The van der Waals surface area contributed by atoms with E-state index < -0.39 is 0 Å². The molecule has 0 aliphatic carbocycles. The van der Waals surface area contributed by atoms with Crippen LogP contribution in [-0.2, 0) is 0 Å². The van der Waals surface area contributed by atoms with E-state index in [0.717, 1.165) is 12.5 Å². The van der Waals surface area contributed by atoms with Gasteiger partial charge in [0.25, 0.3) is 0 Å². The van der Waals surface area contributed by atoms with E-state index >= 15 is 0 Å². The Hall–Kier alpha value is -0.0400. The molecule has 0 rings (SSSR count). The van der Waals surface area contributed by atoms with E-state index in [1.807, 2.05) is 0 Å². The third kappa shape index (κ3) is 5.96. The van der Waals surface area contributed by atoms with Gasteiger partial charge in [-0.3, -0.25) is 0 Å². The van der Waals surface area contributed by atoms with Gasteiger partial charge in [0.1, 0.15) is 0 Å². The minimum atomic E-state index is 0. The third-order valence-corrected chi connectivity index (χ3v) is 1.24. The van der Waals surface area contributed by atoms with E-state index in [-0.39, 0.29) is 1.43 Å². The zero-order chi connectivity index (χ0) is 6.41. The molecule has 0 aromatic rings. The van der Waals surface area contributed by atoms with Gasteiger partial charge in [-0.1, -0.05) is 26.7 Å². The van der Waals surface area contributed by atoms with Gasteiger partial charge < -0.3 is 5.73 Å². The Morgan fingerprint density at radius 2 is 2.00 bits per heavy atom. The second-order valence-electron chi connectivity index (χ2n) is 2.68. The lowest BCUT2D eigenvalue weighted by Crippen LogP contribution is -1.98. The third-order valence-electron chi connectivity index (χ3n) is 1.24. The summed E-state index contributed by atoms with van der Waals surface area (Å²) in [7, 11) is 0. The summed E-state index contributed by atoms with van der Waals surface area (Å²) in [5.41, 5.74) is 5.31. The first-order valence-electron chi connectivity index (χ1n) is 3.47. The summed E-state index contributed by atoms with van der Waals surface area (Å²) in [5.74, 6) is 0.849. The number of rotatable bonds is 4. The van der Waals surface area contributed by atoms with Crippen molar-refractivity contribution in [1.29, 1.82) is 0 Å². The van der Waals surface area contributed by atoms with Crippen molar-refractivity contribution in [2.45, 2.75) is 33.1 Å². The average Bonchev–Trinajstić information content (AvgIpc) is 1.66. The molecule has 0 spiro atoms. The maximum Gasteiger partial charge on any atom is 0 e. The number of nitrogens with two attached hydrogens (primary N) is 1. The van der Waals surface area contributed by atoms with Crippen LogP contribution >= 0.6 is 0 Å². The summed E-state index contributed by atoms with van der Waals surface area (Å²) < 4.78 is 0. The molecular weight excluding hydrogens is 98.1 g/mol. The average molecular weight is 117 g/mol. The lowest BCUT2D eigenvalue weighted by Gasteiger charge is -2.00. The highest BCUT2D eigenvalue weighted by Gasteiger charge is 1.90. The van der Waals surface area contributed by atoms with Crippen LogP contribution in [-0.4, -0.2) is 6.54 Å². The first kappa shape index (κ1) is 7.96. The van der Waals surface area contributed by atoms with Crippen LogP contribution < -0.4 is 5.73 Å². The smallest absolute Gasteiger partial charge is 0 e. The topological polar surface area (TPSA) is 26.0 Å².